The summed E-state index contributed by atoms with van der Waals surface area (Å²) in [6.45, 7) is 0.674. The number of oxazole rings is 1. The molecule has 1 unspecified atom stereocenters. The molecule has 0 spiro atoms. The molecule has 1 aromatic carbocycles. The molecule has 80 valence electrons. The van der Waals surface area contributed by atoms with E-state index in [-0.39, 0.29) is 6.54 Å². The Morgan fingerprint density at radius 3 is 3.20 bits per heavy atom. The molecule has 0 saturated carbocycles. The molecule has 0 aliphatic carbocycles. The molecule has 5 heteroatoms. The minimum atomic E-state index is -0.532. The summed E-state index contributed by atoms with van der Waals surface area (Å²) in [5.41, 5.74) is 7.72. The molecular weight excluding hydrogens is 194 g/mol. The van der Waals surface area contributed by atoms with Crippen molar-refractivity contribution in [2.45, 2.75) is 6.10 Å². The van der Waals surface area contributed by atoms with E-state index in [4.69, 9.17) is 10.2 Å². The monoisotopic (exact) mass is 207 g/mol. The van der Waals surface area contributed by atoms with E-state index in [2.05, 4.69) is 10.3 Å². The van der Waals surface area contributed by atoms with Crippen LogP contribution in [0.25, 0.3) is 11.1 Å². The van der Waals surface area contributed by atoms with E-state index in [1.54, 1.807) is 0 Å². The van der Waals surface area contributed by atoms with E-state index < -0.39 is 6.10 Å². The highest BCUT2D eigenvalue weighted by Crippen LogP contribution is 2.17. The standard InChI is InChI=1S/C10H13N3O2/c11-4-8(14)5-12-7-1-2-9-10(3-7)15-6-13-9/h1-3,6,8,12,14H,4-5,11H2. The maximum atomic E-state index is 9.27. The predicted molar refractivity (Wildman–Crippen MR) is 57.6 cm³/mol. The third-order valence-electron chi connectivity index (χ3n) is 2.15. The molecule has 15 heavy (non-hydrogen) atoms. The number of nitrogens with one attached hydrogen (secondary N) is 1. The zero-order valence-corrected chi connectivity index (χ0v) is 8.18. The van der Waals surface area contributed by atoms with E-state index in [1.165, 1.54) is 6.39 Å². The highest BCUT2D eigenvalue weighted by molar-refractivity contribution is 5.76. The lowest BCUT2D eigenvalue weighted by Gasteiger charge is -2.09. The lowest BCUT2D eigenvalue weighted by molar-refractivity contribution is 0.196. The smallest absolute Gasteiger partial charge is 0.181 e. The second-order valence-electron chi connectivity index (χ2n) is 3.31. The zero-order chi connectivity index (χ0) is 10.7. The van der Waals surface area contributed by atoms with Crippen molar-refractivity contribution in [3.8, 4) is 0 Å². The molecular formula is C10H13N3O2. The van der Waals surface area contributed by atoms with Crippen LogP contribution in [0.15, 0.2) is 29.0 Å². The van der Waals surface area contributed by atoms with E-state index in [0.717, 1.165) is 16.8 Å². The minimum absolute atomic E-state index is 0.248. The summed E-state index contributed by atoms with van der Waals surface area (Å²) in [5.74, 6) is 0. The largest absolute Gasteiger partial charge is 0.443 e. The number of nitrogens with two attached hydrogens (primary N) is 1. The first-order valence-electron chi connectivity index (χ1n) is 4.75. The summed E-state index contributed by atoms with van der Waals surface area (Å²) in [5, 5.41) is 12.3. The van der Waals surface area contributed by atoms with Crippen molar-refractivity contribution in [1.82, 2.24) is 4.98 Å². The van der Waals surface area contributed by atoms with Crippen molar-refractivity contribution in [3.63, 3.8) is 0 Å². The van der Waals surface area contributed by atoms with Crippen molar-refractivity contribution in [2.75, 3.05) is 18.4 Å². The predicted octanol–water partition coefficient (Wildman–Crippen LogP) is 0.559. The fraction of sp³-hybridized carbons (Fsp3) is 0.300. The minimum Gasteiger partial charge on any atom is -0.443 e. The lowest BCUT2D eigenvalue weighted by Crippen LogP contribution is -2.27. The van der Waals surface area contributed by atoms with Crippen molar-refractivity contribution >= 4 is 16.8 Å². The number of anilines is 1. The van der Waals surface area contributed by atoms with Gasteiger partial charge in [0.05, 0.1) is 6.10 Å². The fourth-order valence-electron chi connectivity index (χ4n) is 1.28. The van der Waals surface area contributed by atoms with Crippen LogP contribution in [0, 0.1) is 0 Å². The van der Waals surface area contributed by atoms with Crippen LogP contribution in [-0.2, 0) is 0 Å². The molecule has 2 rings (SSSR count). The summed E-state index contributed by atoms with van der Waals surface area (Å²) >= 11 is 0. The Hall–Kier alpha value is -1.59. The molecule has 0 amide bonds. The van der Waals surface area contributed by atoms with Crippen LogP contribution in [0.5, 0.6) is 0 Å². The molecule has 0 saturated heterocycles. The Morgan fingerprint density at radius 1 is 1.53 bits per heavy atom. The van der Waals surface area contributed by atoms with Gasteiger partial charge in [-0.2, -0.15) is 0 Å². The Bertz CT molecular complexity index is 441. The van der Waals surface area contributed by atoms with Crippen LogP contribution >= 0.6 is 0 Å². The number of aliphatic hydroxyl groups excluding tert-OH is 1. The van der Waals surface area contributed by atoms with Gasteiger partial charge in [0, 0.05) is 24.8 Å². The molecule has 0 fully saturated rings. The van der Waals surface area contributed by atoms with Crippen LogP contribution in [-0.4, -0.2) is 29.3 Å². The van der Waals surface area contributed by atoms with Gasteiger partial charge in [0.2, 0.25) is 0 Å². The number of nitrogens with zero attached hydrogens (tertiary/aromatic N) is 1. The molecule has 1 heterocycles. The number of hydrogen-bond donors (Lipinski definition) is 3. The van der Waals surface area contributed by atoms with Crippen molar-refractivity contribution < 1.29 is 9.52 Å². The van der Waals surface area contributed by atoms with Gasteiger partial charge in [-0.05, 0) is 12.1 Å². The van der Waals surface area contributed by atoms with Crippen LogP contribution in [0.2, 0.25) is 0 Å². The van der Waals surface area contributed by atoms with E-state index >= 15 is 0 Å². The number of hydrogen-bond acceptors (Lipinski definition) is 5. The summed E-state index contributed by atoms with van der Waals surface area (Å²) in [6.07, 6.45) is 0.874. The average molecular weight is 207 g/mol. The van der Waals surface area contributed by atoms with Gasteiger partial charge in [0.25, 0.3) is 0 Å². The van der Waals surface area contributed by atoms with E-state index in [1.807, 2.05) is 18.2 Å². The Kier molecular flexibility index (Phi) is 2.84. The highest BCUT2D eigenvalue weighted by Gasteiger charge is 2.02. The average Bonchev–Trinajstić information content (AvgIpc) is 2.72. The molecule has 0 aliphatic heterocycles. The van der Waals surface area contributed by atoms with Gasteiger partial charge in [0.1, 0.15) is 5.52 Å². The molecule has 0 radical (unpaired) electrons. The van der Waals surface area contributed by atoms with Gasteiger partial charge in [0.15, 0.2) is 12.0 Å². The van der Waals surface area contributed by atoms with Gasteiger partial charge in [-0.25, -0.2) is 4.98 Å². The van der Waals surface area contributed by atoms with Crippen LogP contribution < -0.4 is 11.1 Å². The molecule has 1 aromatic heterocycles. The molecule has 2 aromatic rings. The third-order valence-corrected chi connectivity index (χ3v) is 2.15. The number of fused-ring (bicyclic) bond motifs is 1. The van der Waals surface area contributed by atoms with Gasteiger partial charge in [-0.3, -0.25) is 0 Å². The van der Waals surface area contributed by atoms with Crippen LogP contribution in [0.3, 0.4) is 0 Å². The number of benzene rings is 1. The molecule has 0 aliphatic rings. The van der Waals surface area contributed by atoms with Gasteiger partial charge < -0.3 is 20.6 Å². The van der Waals surface area contributed by atoms with E-state index in [9.17, 15) is 5.11 Å². The van der Waals surface area contributed by atoms with Gasteiger partial charge >= 0.3 is 0 Å². The maximum absolute atomic E-state index is 9.27. The first-order valence-corrected chi connectivity index (χ1v) is 4.75. The van der Waals surface area contributed by atoms with Crippen LogP contribution in [0.4, 0.5) is 5.69 Å². The van der Waals surface area contributed by atoms with Crippen molar-refractivity contribution in [1.29, 1.82) is 0 Å². The topological polar surface area (TPSA) is 84.3 Å². The van der Waals surface area contributed by atoms with Gasteiger partial charge in [-0.15, -0.1) is 0 Å². The molecule has 1 atom stereocenters. The number of aromatic nitrogens is 1. The quantitative estimate of drug-likeness (QED) is 0.682. The molecule has 5 nitrogen and oxygen atoms in total. The normalized spacial score (nSPS) is 12.9. The van der Waals surface area contributed by atoms with E-state index in [0.29, 0.717) is 6.54 Å². The third kappa shape index (κ3) is 2.26. The van der Waals surface area contributed by atoms with Crippen molar-refractivity contribution in [2.24, 2.45) is 5.73 Å². The molecule has 0 bridgehead atoms. The lowest BCUT2D eigenvalue weighted by atomic mass is 10.2. The SMILES string of the molecule is NCC(O)CNc1ccc2ncoc2c1. The Balaban J connectivity index is 2.08. The maximum Gasteiger partial charge on any atom is 0.181 e. The Morgan fingerprint density at radius 2 is 2.40 bits per heavy atom. The summed E-state index contributed by atoms with van der Waals surface area (Å²) in [7, 11) is 0. The highest BCUT2D eigenvalue weighted by atomic mass is 16.3. The fourth-order valence-corrected chi connectivity index (χ4v) is 1.28. The second kappa shape index (κ2) is 4.29. The summed E-state index contributed by atoms with van der Waals surface area (Å²) in [4.78, 5) is 4.01. The second-order valence-corrected chi connectivity index (χ2v) is 3.31. The number of aliphatic hydroxyl groups is 1. The summed E-state index contributed by atoms with van der Waals surface area (Å²) in [6, 6.07) is 5.58. The van der Waals surface area contributed by atoms with Crippen molar-refractivity contribution in [3.05, 3.63) is 24.6 Å². The zero-order valence-electron chi connectivity index (χ0n) is 8.18. The van der Waals surface area contributed by atoms with Gasteiger partial charge in [-0.1, -0.05) is 0 Å². The first-order chi connectivity index (χ1) is 7.29. The first kappa shape index (κ1) is 9.95. The summed E-state index contributed by atoms with van der Waals surface area (Å²) < 4.78 is 5.15. The number of rotatable bonds is 4. The molecule has 4 N–H and O–H groups in total. The Labute approximate surface area is 86.9 Å². The van der Waals surface area contributed by atoms with Crippen LogP contribution in [0.1, 0.15) is 0 Å².